The summed E-state index contributed by atoms with van der Waals surface area (Å²) in [6.07, 6.45) is 3.82. The number of imidazole rings is 1. The summed E-state index contributed by atoms with van der Waals surface area (Å²) in [6.45, 7) is 0.677. The molecule has 102 valence electrons. The van der Waals surface area contributed by atoms with Gasteiger partial charge in [-0.1, -0.05) is 30.3 Å². The third-order valence-electron chi connectivity index (χ3n) is 3.04. The molecule has 1 aromatic carbocycles. The largest absolute Gasteiger partial charge is 0.343 e. The number of likely N-dealkylation sites (N-methyl/N-ethyl adjacent to an activating group) is 1. The van der Waals surface area contributed by atoms with Gasteiger partial charge < -0.3 is 9.47 Å². The van der Waals surface area contributed by atoms with Gasteiger partial charge >= 0.3 is 0 Å². The fourth-order valence-electron chi connectivity index (χ4n) is 1.89. The van der Waals surface area contributed by atoms with Crippen molar-refractivity contribution >= 4 is 5.91 Å². The van der Waals surface area contributed by atoms with Gasteiger partial charge in [-0.25, -0.2) is 4.98 Å². The third kappa shape index (κ3) is 3.23. The van der Waals surface area contributed by atoms with Crippen LogP contribution in [0.25, 0.3) is 11.4 Å². The molecule has 5 heteroatoms. The lowest BCUT2D eigenvalue weighted by atomic mass is 10.2. The number of carbonyl (C=O) groups excluding carboxylic acids is 1. The van der Waals surface area contributed by atoms with Gasteiger partial charge in [0.15, 0.2) is 0 Å². The number of aromatic nitrogens is 2. The Balaban J connectivity index is 2.10. The van der Waals surface area contributed by atoms with E-state index in [4.69, 9.17) is 5.26 Å². The lowest BCUT2D eigenvalue weighted by Gasteiger charge is -2.16. The van der Waals surface area contributed by atoms with E-state index < -0.39 is 0 Å². The Morgan fingerprint density at radius 1 is 1.40 bits per heavy atom. The van der Waals surface area contributed by atoms with Crippen LogP contribution in [-0.4, -0.2) is 34.0 Å². The molecule has 2 rings (SSSR count). The number of hydrogen-bond donors (Lipinski definition) is 0. The molecule has 0 N–H and O–H groups in total. The van der Waals surface area contributed by atoms with Gasteiger partial charge in [-0.3, -0.25) is 4.79 Å². The van der Waals surface area contributed by atoms with Crippen LogP contribution in [0, 0.1) is 11.3 Å². The highest BCUT2D eigenvalue weighted by molar-refractivity contribution is 5.76. The summed E-state index contributed by atoms with van der Waals surface area (Å²) >= 11 is 0. The van der Waals surface area contributed by atoms with Crippen LogP contribution in [0.15, 0.2) is 42.7 Å². The van der Waals surface area contributed by atoms with Gasteiger partial charge in [-0.15, -0.1) is 0 Å². The number of nitriles is 1. The van der Waals surface area contributed by atoms with E-state index in [-0.39, 0.29) is 12.5 Å². The molecule has 20 heavy (non-hydrogen) atoms. The second-order valence-electron chi connectivity index (χ2n) is 4.47. The van der Waals surface area contributed by atoms with E-state index in [2.05, 4.69) is 4.98 Å². The summed E-state index contributed by atoms with van der Waals surface area (Å²) < 4.78 is 1.82. The second kappa shape index (κ2) is 6.53. The third-order valence-corrected chi connectivity index (χ3v) is 3.04. The predicted octanol–water partition coefficient (Wildman–Crippen LogP) is 1.92. The molecular weight excluding hydrogens is 252 g/mol. The molecule has 0 aliphatic carbocycles. The summed E-state index contributed by atoms with van der Waals surface area (Å²) in [7, 11) is 1.71. The smallest absolute Gasteiger partial charge is 0.242 e. The van der Waals surface area contributed by atoms with Crippen LogP contribution in [0.4, 0.5) is 0 Å². The maximum atomic E-state index is 12.1. The van der Waals surface area contributed by atoms with Crippen LogP contribution in [0.5, 0.6) is 0 Å². The normalized spacial score (nSPS) is 10.0. The van der Waals surface area contributed by atoms with Crippen molar-refractivity contribution in [3.63, 3.8) is 0 Å². The first-order valence-corrected chi connectivity index (χ1v) is 6.40. The molecule has 0 unspecified atom stereocenters. The molecule has 0 aliphatic rings. The Hall–Kier alpha value is -2.61. The van der Waals surface area contributed by atoms with Crippen molar-refractivity contribution in [1.29, 1.82) is 5.26 Å². The Labute approximate surface area is 118 Å². The van der Waals surface area contributed by atoms with Gasteiger partial charge in [0, 0.05) is 31.5 Å². The molecule has 0 saturated heterocycles. The minimum atomic E-state index is -0.0320. The van der Waals surface area contributed by atoms with Crippen molar-refractivity contribution in [2.75, 3.05) is 13.6 Å². The van der Waals surface area contributed by atoms with Crippen molar-refractivity contribution in [1.82, 2.24) is 14.5 Å². The second-order valence-corrected chi connectivity index (χ2v) is 4.47. The predicted molar refractivity (Wildman–Crippen MR) is 75.5 cm³/mol. The van der Waals surface area contributed by atoms with Crippen LogP contribution >= 0.6 is 0 Å². The fraction of sp³-hybridized carbons (Fsp3) is 0.267. The van der Waals surface area contributed by atoms with E-state index in [1.807, 2.05) is 41.0 Å². The quantitative estimate of drug-likeness (QED) is 0.832. The van der Waals surface area contributed by atoms with Crippen molar-refractivity contribution in [2.45, 2.75) is 13.0 Å². The Morgan fingerprint density at radius 3 is 2.85 bits per heavy atom. The monoisotopic (exact) mass is 268 g/mol. The molecular formula is C15H16N4O. The number of rotatable bonds is 5. The zero-order chi connectivity index (χ0) is 14.4. The number of amides is 1. The van der Waals surface area contributed by atoms with E-state index in [1.165, 1.54) is 0 Å². The number of carbonyl (C=O) groups is 1. The molecule has 1 amide bonds. The van der Waals surface area contributed by atoms with Crippen LogP contribution in [0.3, 0.4) is 0 Å². The summed E-state index contributed by atoms with van der Waals surface area (Å²) in [6, 6.07) is 11.8. The van der Waals surface area contributed by atoms with Crippen LogP contribution in [-0.2, 0) is 11.3 Å². The minimum Gasteiger partial charge on any atom is -0.343 e. The number of benzene rings is 1. The molecule has 2 aromatic rings. The molecule has 0 spiro atoms. The maximum absolute atomic E-state index is 12.1. The van der Waals surface area contributed by atoms with E-state index >= 15 is 0 Å². The van der Waals surface area contributed by atoms with Crippen molar-refractivity contribution in [3.8, 4) is 17.5 Å². The van der Waals surface area contributed by atoms with Crippen molar-refractivity contribution < 1.29 is 4.79 Å². The summed E-state index contributed by atoms with van der Waals surface area (Å²) in [4.78, 5) is 17.9. The molecule has 0 bridgehead atoms. The molecule has 5 nitrogen and oxygen atoms in total. The van der Waals surface area contributed by atoms with Gasteiger partial charge in [-0.05, 0) is 0 Å². The summed E-state index contributed by atoms with van der Waals surface area (Å²) in [5.41, 5.74) is 0.977. The zero-order valence-corrected chi connectivity index (χ0v) is 11.4. The van der Waals surface area contributed by atoms with Gasteiger partial charge in [0.1, 0.15) is 12.4 Å². The SMILES string of the molecule is CN(CCC#N)C(=O)Cn1ccnc1-c1ccccc1. The molecule has 0 aliphatic heterocycles. The average molecular weight is 268 g/mol. The number of hydrogen-bond acceptors (Lipinski definition) is 3. The van der Waals surface area contributed by atoms with Gasteiger partial charge in [0.2, 0.25) is 5.91 Å². The Bertz CT molecular complexity index is 612. The summed E-state index contributed by atoms with van der Waals surface area (Å²) in [5, 5.41) is 8.54. The Morgan fingerprint density at radius 2 is 2.15 bits per heavy atom. The first-order valence-electron chi connectivity index (χ1n) is 6.40. The molecule has 0 atom stereocenters. The molecule has 1 aromatic heterocycles. The highest BCUT2D eigenvalue weighted by Crippen LogP contribution is 2.16. The van der Waals surface area contributed by atoms with E-state index in [0.29, 0.717) is 13.0 Å². The standard InChI is InChI=1S/C15H16N4O/c1-18(10-5-8-16)14(20)12-19-11-9-17-15(19)13-6-3-2-4-7-13/h2-4,6-7,9,11H,5,10,12H2,1H3. The molecule has 0 saturated carbocycles. The fourth-order valence-corrected chi connectivity index (χ4v) is 1.89. The van der Waals surface area contributed by atoms with Gasteiger partial charge in [0.25, 0.3) is 0 Å². The topological polar surface area (TPSA) is 61.9 Å². The zero-order valence-electron chi connectivity index (χ0n) is 11.4. The van der Waals surface area contributed by atoms with Crippen molar-refractivity contribution in [3.05, 3.63) is 42.7 Å². The van der Waals surface area contributed by atoms with Crippen molar-refractivity contribution in [2.24, 2.45) is 0 Å². The minimum absolute atomic E-state index is 0.0320. The Kier molecular flexibility index (Phi) is 4.51. The molecule has 0 radical (unpaired) electrons. The first-order chi connectivity index (χ1) is 9.72. The van der Waals surface area contributed by atoms with E-state index in [1.54, 1.807) is 24.3 Å². The highest BCUT2D eigenvalue weighted by Gasteiger charge is 2.12. The van der Waals surface area contributed by atoms with Gasteiger partial charge in [0.05, 0.1) is 12.5 Å². The molecule has 1 heterocycles. The number of nitrogens with zero attached hydrogens (tertiary/aromatic N) is 4. The first kappa shape index (κ1) is 13.8. The highest BCUT2D eigenvalue weighted by atomic mass is 16.2. The van der Waals surface area contributed by atoms with Crippen LogP contribution in [0.2, 0.25) is 0 Å². The van der Waals surface area contributed by atoms with Crippen LogP contribution < -0.4 is 0 Å². The van der Waals surface area contributed by atoms with Gasteiger partial charge in [-0.2, -0.15) is 5.26 Å². The lowest BCUT2D eigenvalue weighted by molar-refractivity contribution is -0.130. The molecule has 0 fully saturated rings. The average Bonchev–Trinajstić information content (AvgIpc) is 2.93. The maximum Gasteiger partial charge on any atom is 0.242 e. The van der Waals surface area contributed by atoms with Crippen LogP contribution in [0.1, 0.15) is 6.42 Å². The van der Waals surface area contributed by atoms with E-state index in [0.717, 1.165) is 11.4 Å². The lowest BCUT2D eigenvalue weighted by Crippen LogP contribution is -2.31. The summed E-state index contributed by atoms with van der Waals surface area (Å²) in [5.74, 6) is 0.739. The van der Waals surface area contributed by atoms with E-state index in [9.17, 15) is 4.79 Å².